The molecule has 0 bridgehead atoms. The molecule has 0 spiro atoms. The lowest BCUT2D eigenvalue weighted by atomic mass is 10.1. The largest absolute Gasteiger partial charge is 0.421 e. The smallest absolute Gasteiger partial charge is 0.305 e. The highest BCUT2D eigenvalue weighted by Gasteiger charge is 2.10. The summed E-state index contributed by atoms with van der Waals surface area (Å²) in [4.78, 5) is 21.9. The molecule has 0 saturated carbocycles. The number of ether oxygens (including phenoxy) is 2. The number of hydrogen-bond acceptors (Lipinski definition) is 4. The SMILES string of the molecule is CCCCc1ccc(/C=C/C(OC(C)=O)OC(C)=O)cc1. The monoisotopic (exact) mass is 290 g/mol. The summed E-state index contributed by atoms with van der Waals surface area (Å²) in [5, 5.41) is 0. The highest BCUT2D eigenvalue weighted by molar-refractivity contribution is 5.68. The summed E-state index contributed by atoms with van der Waals surface area (Å²) in [5.74, 6) is -0.998. The summed E-state index contributed by atoms with van der Waals surface area (Å²) in [6, 6.07) is 8.12. The molecule has 114 valence electrons. The number of carbonyl (C=O) groups excluding carboxylic acids is 2. The van der Waals surface area contributed by atoms with Crippen molar-refractivity contribution in [2.24, 2.45) is 0 Å². The second-order valence-corrected chi connectivity index (χ2v) is 4.79. The molecule has 4 heteroatoms. The van der Waals surface area contributed by atoms with Gasteiger partial charge in [0.2, 0.25) is 0 Å². The van der Waals surface area contributed by atoms with Gasteiger partial charge in [0.05, 0.1) is 0 Å². The van der Waals surface area contributed by atoms with E-state index in [2.05, 4.69) is 19.1 Å². The molecule has 21 heavy (non-hydrogen) atoms. The van der Waals surface area contributed by atoms with Crippen LogP contribution in [0, 0.1) is 0 Å². The molecule has 0 aliphatic carbocycles. The van der Waals surface area contributed by atoms with Gasteiger partial charge in [0.25, 0.3) is 6.29 Å². The van der Waals surface area contributed by atoms with Crippen molar-refractivity contribution in [1.82, 2.24) is 0 Å². The maximum absolute atomic E-state index is 10.9. The molecule has 0 heterocycles. The van der Waals surface area contributed by atoms with Crippen molar-refractivity contribution in [1.29, 1.82) is 0 Å². The normalized spacial score (nSPS) is 10.9. The Hall–Kier alpha value is -2.10. The Labute approximate surface area is 125 Å². The van der Waals surface area contributed by atoms with Crippen molar-refractivity contribution in [3.63, 3.8) is 0 Å². The molecule has 0 unspecified atom stereocenters. The average molecular weight is 290 g/mol. The van der Waals surface area contributed by atoms with E-state index in [0.29, 0.717) is 0 Å². The van der Waals surface area contributed by atoms with Crippen LogP contribution in [0.2, 0.25) is 0 Å². The summed E-state index contributed by atoms with van der Waals surface area (Å²) in [5.41, 5.74) is 2.25. The number of rotatable bonds is 7. The molecule has 0 saturated heterocycles. The highest BCUT2D eigenvalue weighted by Crippen LogP contribution is 2.10. The molecule has 1 aromatic carbocycles. The van der Waals surface area contributed by atoms with E-state index in [4.69, 9.17) is 9.47 Å². The number of esters is 2. The topological polar surface area (TPSA) is 52.6 Å². The maximum Gasteiger partial charge on any atom is 0.305 e. The third-order valence-electron chi connectivity index (χ3n) is 2.81. The predicted molar refractivity (Wildman–Crippen MR) is 81.4 cm³/mol. The number of carbonyl (C=O) groups is 2. The first-order chi connectivity index (χ1) is 10.0. The van der Waals surface area contributed by atoms with Crippen LogP contribution in [0.3, 0.4) is 0 Å². The Morgan fingerprint density at radius 2 is 1.67 bits per heavy atom. The average Bonchev–Trinajstić information content (AvgIpc) is 2.42. The molecule has 0 atom stereocenters. The van der Waals surface area contributed by atoms with Crippen molar-refractivity contribution in [3.8, 4) is 0 Å². The Bertz CT molecular complexity index is 472. The zero-order valence-corrected chi connectivity index (χ0v) is 12.8. The first-order valence-electron chi connectivity index (χ1n) is 7.13. The molecular formula is C17H22O4. The van der Waals surface area contributed by atoms with Gasteiger partial charge in [-0.05, 0) is 30.0 Å². The van der Waals surface area contributed by atoms with E-state index in [9.17, 15) is 9.59 Å². The van der Waals surface area contributed by atoms with Crippen LogP contribution in [-0.4, -0.2) is 18.2 Å². The van der Waals surface area contributed by atoms with Crippen LogP contribution in [0.1, 0.15) is 44.7 Å². The van der Waals surface area contributed by atoms with Gasteiger partial charge in [0, 0.05) is 13.8 Å². The molecule has 0 fully saturated rings. The van der Waals surface area contributed by atoms with Crippen molar-refractivity contribution in [2.45, 2.75) is 46.3 Å². The van der Waals surface area contributed by atoms with E-state index in [-0.39, 0.29) is 0 Å². The third kappa shape index (κ3) is 7.30. The van der Waals surface area contributed by atoms with E-state index < -0.39 is 18.2 Å². The van der Waals surface area contributed by atoms with Crippen molar-refractivity contribution >= 4 is 18.0 Å². The molecule has 0 N–H and O–H groups in total. The summed E-state index contributed by atoms with van der Waals surface area (Å²) in [7, 11) is 0. The van der Waals surface area contributed by atoms with E-state index in [0.717, 1.165) is 12.0 Å². The molecule has 0 aliphatic rings. The molecule has 4 nitrogen and oxygen atoms in total. The van der Waals surface area contributed by atoms with Crippen LogP contribution >= 0.6 is 0 Å². The molecule has 0 amide bonds. The van der Waals surface area contributed by atoms with E-state index >= 15 is 0 Å². The lowest BCUT2D eigenvalue weighted by Gasteiger charge is -2.12. The fourth-order valence-corrected chi connectivity index (χ4v) is 1.80. The minimum atomic E-state index is -0.986. The van der Waals surface area contributed by atoms with Crippen LogP contribution < -0.4 is 0 Å². The van der Waals surface area contributed by atoms with Gasteiger partial charge in [0.15, 0.2) is 0 Å². The van der Waals surface area contributed by atoms with Crippen LogP contribution in [0.25, 0.3) is 6.08 Å². The highest BCUT2D eigenvalue weighted by atomic mass is 16.7. The molecule has 0 aliphatic heterocycles. The van der Waals surface area contributed by atoms with Gasteiger partial charge < -0.3 is 9.47 Å². The standard InChI is InChI=1S/C17H22O4/c1-4-5-6-15-7-9-16(10-8-15)11-12-17(20-13(2)18)21-14(3)19/h7-12,17H,4-6H2,1-3H3/b12-11+. The quantitative estimate of drug-likeness (QED) is 0.569. The molecule has 0 aromatic heterocycles. The van der Waals surface area contributed by atoms with Crippen molar-refractivity contribution in [2.75, 3.05) is 0 Å². The maximum atomic E-state index is 10.9. The van der Waals surface area contributed by atoms with Gasteiger partial charge in [-0.2, -0.15) is 0 Å². The van der Waals surface area contributed by atoms with Gasteiger partial charge in [-0.3, -0.25) is 9.59 Å². The van der Waals surface area contributed by atoms with E-state index in [1.54, 1.807) is 12.2 Å². The molecular weight excluding hydrogens is 268 g/mol. The van der Waals surface area contributed by atoms with E-state index in [1.165, 1.54) is 32.3 Å². The Kier molecular flexibility index (Phi) is 7.23. The van der Waals surface area contributed by atoms with Gasteiger partial charge in [-0.25, -0.2) is 0 Å². The lowest BCUT2D eigenvalue weighted by molar-refractivity contribution is -0.176. The van der Waals surface area contributed by atoms with E-state index in [1.807, 2.05) is 12.1 Å². The predicted octanol–water partition coefficient (Wildman–Crippen LogP) is 3.49. The second-order valence-electron chi connectivity index (χ2n) is 4.79. The van der Waals surface area contributed by atoms with Crippen molar-refractivity contribution in [3.05, 3.63) is 41.5 Å². The minimum absolute atomic E-state index is 0.499. The first-order valence-corrected chi connectivity index (χ1v) is 7.13. The zero-order valence-electron chi connectivity index (χ0n) is 12.8. The van der Waals surface area contributed by atoms with Gasteiger partial charge in [0.1, 0.15) is 0 Å². The van der Waals surface area contributed by atoms with Crippen LogP contribution in [0.15, 0.2) is 30.3 Å². The fraction of sp³-hybridized carbons (Fsp3) is 0.412. The molecule has 1 rings (SSSR count). The first kappa shape index (κ1) is 17.0. The van der Waals surface area contributed by atoms with Crippen LogP contribution in [0.5, 0.6) is 0 Å². The summed E-state index contributed by atoms with van der Waals surface area (Å²) >= 11 is 0. The van der Waals surface area contributed by atoms with Crippen molar-refractivity contribution < 1.29 is 19.1 Å². The number of aryl methyl sites for hydroxylation is 1. The fourth-order valence-electron chi connectivity index (χ4n) is 1.80. The van der Waals surface area contributed by atoms with Gasteiger partial charge >= 0.3 is 11.9 Å². The third-order valence-corrected chi connectivity index (χ3v) is 2.81. The number of unbranched alkanes of at least 4 members (excludes halogenated alkanes) is 1. The minimum Gasteiger partial charge on any atom is -0.421 e. The second kappa shape index (κ2) is 8.95. The Morgan fingerprint density at radius 1 is 1.10 bits per heavy atom. The zero-order chi connectivity index (χ0) is 15.7. The van der Waals surface area contributed by atoms with Crippen LogP contribution in [-0.2, 0) is 25.5 Å². The number of hydrogen-bond donors (Lipinski definition) is 0. The summed E-state index contributed by atoms with van der Waals surface area (Å²) in [6.07, 6.45) is 5.75. The molecule has 1 aromatic rings. The van der Waals surface area contributed by atoms with Gasteiger partial charge in [-0.15, -0.1) is 0 Å². The Balaban J connectivity index is 2.66. The summed E-state index contributed by atoms with van der Waals surface area (Å²) < 4.78 is 9.78. The van der Waals surface area contributed by atoms with Crippen LogP contribution in [0.4, 0.5) is 0 Å². The van der Waals surface area contributed by atoms with Gasteiger partial charge in [-0.1, -0.05) is 43.7 Å². The number of benzene rings is 1. The Morgan fingerprint density at radius 3 is 2.14 bits per heavy atom. The summed E-state index contributed by atoms with van der Waals surface area (Å²) in [6.45, 7) is 4.71. The molecule has 0 radical (unpaired) electrons. The lowest BCUT2D eigenvalue weighted by Crippen LogP contribution is -2.19.